The van der Waals surface area contributed by atoms with E-state index in [1.807, 2.05) is 69.3 Å². The molecule has 0 bridgehead atoms. The smallest absolute Gasteiger partial charge is 0.407 e. The summed E-state index contributed by atoms with van der Waals surface area (Å²) < 4.78 is 6.88. The summed E-state index contributed by atoms with van der Waals surface area (Å²) in [6.07, 6.45) is 3.27. The lowest BCUT2D eigenvalue weighted by Crippen LogP contribution is -2.33. The number of hydrogen-bond acceptors (Lipinski definition) is 5. The summed E-state index contributed by atoms with van der Waals surface area (Å²) in [5, 5.41) is 6.63. The van der Waals surface area contributed by atoms with Crippen LogP contribution in [0.3, 0.4) is 0 Å². The van der Waals surface area contributed by atoms with Gasteiger partial charge in [0.1, 0.15) is 5.60 Å². The molecule has 0 aliphatic heterocycles. The lowest BCUT2D eigenvalue weighted by atomic mass is 10.1. The summed E-state index contributed by atoms with van der Waals surface area (Å²) in [4.78, 5) is 39.7. The molecule has 3 aromatic carbocycles. The van der Waals surface area contributed by atoms with Gasteiger partial charge in [0, 0.05) is 42.3 Å². The summed E-state index contributed by atoms with van der Waals surface area (Å²) in [6.45, 7) is 8.15. The summed E-state index contributed by atoms with van der Waals surface area (Å²) in [7, 11) is 2.05. The number of amides is 2. The molecule has 0 saturated carbocycles. The highest BCUT2D eigenvalue weighted by atomic mass is 16.6. The van der Waals surface area contributed by atoms with Crippen LogP contribution in [-0.4, -0.2) is 59.7 Å². The maximum atomic E-state index is 12.9. The van der Waals surface area contributed by atoms with Crippen LogP contribution < -0.4 is 10.6 Å². The third-order valence-corrected chi connectivity index (χ3v) is 6.84. The highest BCUT2D eigenvalue weighted by molar-refractivity contribution is 6.04. The zero-order valence-corrected chi connectivity index (χ0v) is 24.9. The number of hydrogen-bond donors (Lipinski definition) is 2. The average molecular weight is 569 g/mol. The number of nitrogens with zero attached hydrogens (tertiary/aromatic N) is 2. The Kier molecular flexibility index (Phi) is 10.1. The SMILES string of the molecule is CN(CCCc1ccc(CNC(=O)OC(C)(C)C)cc1)CCNC(=O)c1ccc2c(ccn2C(=O)c2ccccc2)c1. The van der Waals surface area contributed by atoms with Gasteiger partial charge in [-0.25, -0.2) is 4.79 Å². The van der Waals surface area contributed by atoms with E-state index in [1.165, 1.54) is 5.56 Å². The Hall–Kier alpha value is -4.43. The number of likely N-dealkylation sites (N-methyl/N-ethyl adjacent to an activating group) is 1. The van der Waals surface area contributed by atoms with Gasteiger partial charge >= 0.3 is 6.09 Å². The van der Waals surface area contributed by atoms with E-state index in [9.17, 15) is 14.4 Å². The van der Waals surface area contributed by atoms with Gasteiger partial charge < -0.3 is 20.3 Å². The molecule has 0 fully saturated rings. The molecule has 4 rings (SSSR count). The molecule has 2 N–H and O–H groups in total. The topological polar surface area (TPSA) is 92.7 Å². The number of alkyl carbamates (subject to hydrolysis) is 1. The van der Waals surface area contributed by atoms with Crippen LogP contribution in [0.15, 0.2) is 85.1 Å². The number of rotatable bonds is 11. The van der Waals surface area contributed by atoms with E-state index in [0.717, 1.165) is 42.4 Å². The number of nitrogens with one attached hydrogen (secondary N) is 2. The van der Waals surface area contributed by atoms with Gasteiger partial charge in [-0.2, -0.15) is 0 Å². The van der Waals surface area contributed by atoms with Crippen molar-refractivity contribution in [2.24, 2.45) is 0 Å². The predicted octanol–water partition coefficient (Wildman–Crippen LogP) is 5.65. The van der Waals surface area contributed by atoms with Crippen molar-refractivity contribution >= 4 is 28.8 Å². The van der Waals surface area contributed by atoms with Gasteiger partial charge in [-0.3, -0.25) is 14.2 Å². The van der Waals surface area contributed by atoms with Crippen molar-refractivity contribution in [1.29, 1.82) is 0 Å². The van der Waals surface area contributed by atoms with Crippen LogP contribution in [0.25, 0.3) is 10.9 Å². The fourth-order valence-electron chi connectivity index (χ4n) is 4.62. The first-order chi connectivity index (χ1) is 20.1. The quantitative estimate of drug-likeness (QED) is 0.244. The number of carbonyl (C=O) groups excluding carboxylic acids is 3. The molecule has 4 aromatic rings. The molecule has 220 valence electrons. The number of carbonyl (C=O) groups is 3. The molecule has 2 amide bonds. The Morgan fingerprint density at radius 3 is 2.26 bits per heavy atom. The molecule has 0 radical (unpaired) electrons. The second kappa shape index (κ2) is 14.0. The molecule has 8 heteroatoms. The molecule has 8 nitrogen and oxygen atoms in total. The first-order valence-corrected chi connectivity index (χ1v) is 14.3. The molecule has 0 saturated heterocycles. The lowest BCUT2D eigenvalue weighted by Gasteiger charge is -2.19. The number of aromatic nitrogens is 1. The Bertz CT molecular complexity index is 1500. The third-order valence-electron chi connectivity index (χ3n) is 6.84. The van der Waals surface area contributed by atoms with Crippen LogP contribution in [0.1, 0.15) is 59.0 Å². The monoisotopic (exact) mass is 568 g/mol. The Morgan fingerprint density at radius 2 is 1.55 bits per heavy atom. The van der Waals surface area contributed by atoms with Crippen molar-refractivity contribution in [3.8, 4) is 0 Å². The standard InChI is InChI=1S/C34H40N4O4/c1-34(2,3)42-33(41)36-24-26-14-12-25(13-15-26)9-8-20-37(4)22-19-35-31(39)29-16-17-30-28(23-29)18-21-38(30)32(40)27-10-6-5-7-11-27/h5-7,10-18,21,23H,8-9,19-20,22,24H2,1-4H3,(H,35,39)(H,36,41). The van der Waals surface area contributed by atoms with Gasteiger partial charge in [0.2, 0.25) is 0 Å². The van der Waals surface area contributed by atoms with Crippen LogP contribution in [0.4, 0.5) is 4.79 Å². The molecule has 0 spiro atoms. The van der Waals surface area contributed by atoms with Crippen molar-refractivity contribution in [1.82, 2.24) is 20.1 Å². The van der Waals surface area contributed by atoms with Gasteiger partial charge in [0.25, 0.3) is 11.8 Å². The Morgan fingerprint density at radius 1 is 0.833 bits per heavy atom. The number of benzene rings is 3. The maximum absolute atomic E-state index is 12.9. The van der Waals surface area contributed by atoms with Gasteiger partial charge in [-0.05, 0) is 94.7 Å². The first-order valence-electron chi connectivity index (χ1n) is 14.3. The van der Waals surface area contributed by atoms with E-state index in [0.29, 0.717) is 24.2 Å². The van der Waals surface area contributed by atoms with Crippen LogP contribution in [-0.2, 0) is 17.7 Å². The third kappa shape index (κ3) is 8.78. The maximum Gasteiger partial charge on any atom is 0.407 e. The van der Waals surface area contributed by atoms with Gasteiger partial charge in [0.05, 0.1) is 5.52 Å². The lowest BCUT2D eigenvalue weighted by molar-refractivity contribution is 0.0523. The molecule has 42 heavy (non-hydrogen) atoms. The zero-order chi connectivity index (χ0) is 30.1. The molecule has 0 unspecified atom stereocenters. The largest absolute Gasteiger partial charge is 0.444 e. The summed E-state index contributed by atoms with van der Waals surface area (Å²) in [5.41, 5.74) is 3.71. The first kappa shape index (κ1) is 30.5. The average Bonchev–Trinajstić information content (AvgIpc) is 3.39. The molecule has 1 heterocycles. The Balaban J connectivity index is 1.16. The predicted molar refractivity (Wildman–Crippen MR) is 166 cm³/mol. The van der Waals surface area contributed by atoms with E-state index in [-0.39, 0.29) is 11.8 Å². The summed E-state index contributed by atoms with van der Waals surface area (Å²) >= 11 is 0. The second-order valence-corrected chi connectivity index (χ2v) is 11.5. The van der Waals surface area contributed by atoms with E-state index in [4.69, 9.17) is 4.74 Å². The molecule has 1 aromatic heterocycles. The molecular formula is C34H40N4O4. The van der Waals surface area contributed by atoms with E-state index in [2.05, 4.69) is 34.7 Å². The summed E-state index contributed by atoms with van der Waals surface area (Å²) in [6, 6.07) is 24.6. The zero-order valence-electron chi connectivity index (χ0n) is 24.9. The van der Waals surface area contributed by atoms with Crippen LogP contribution >= 0.6 is 0 Å². The van der Waals surface area contributed by atoms with E-state index >= 15 is 0 Å². The number of aryl methyl sites for hydroxylation is 1. The van der Waals surface area contributed by atoms with Crippen molar-refractivity contribution in [2.75, 3.05) is 26.7 Å². The highest BCUT2D eigenvalue weighted by Gasteiger charge is 2.16. The fraction of sp³-hybridized carbons (Fsp3) is 0.324. The van der Waals surface area contributed by atoms with Gasteiger partial charge in [0.15, 0.2) is 0 Å². The molecule has 0 aliphatic carbocycles. The van der Waals surface area contributed by atoms with E-state index < -0.39 is 11.7 Å². The second-order valence-electron chi connectivity index (χ2n) is 11.5. The minimum absolute atomic E-state index is 0.101. The molecule has 0 atom stereocenters. The normalized spacial score (nSPS) is 11.5. The van der Waals surface area contributed by atoms with Gasteiger partial charge in [-0.1, -0.05) is 42.5 Å². The van der Waals surface area contributed by atoms with Crippen LogP contribution in [0.5, 0.6) is 0 Å². The van der Waals surface area contributed by atoms with Crippen molar-refractivity contribution in [2.45, 2.75) is 45.8 Å². The van der Waals surface area contributed by atoms with E-state index in [1.54, 1.807) is 29.0 Å². The minimum atomic E-state index is -0.512. The number of fused-ring (bicyclic) bond motifs is 1. The van der Waals surface area contributed by atoms with Crippen molar-refractivity contribution in [3.63, 3.8) is 0 Å². The molecular weight excluding hydrogens is 528 g/mol. The Labute approximate surface area is 247 Å². The fourth-order valence-corrected chi connectivity index (χ4v) is 4.62. The highest BCUT2D eigenvalue weighted by Crippen LogP contribution is 2.19. The number of ether oxygens (including phenoxy) is 1. The molecule has 0 aliphatic rings. The van der Waals surface area contributed by atoms with Crippen LogP contribution in [0, 0.1) is 0 Å². The summed E-state index contributed by atoms with van der Waals surface area (Å²) in [5.74, 6) is -0.232. The minimum Gasteiger partial charge on any atom is -0.444 e. The van der Waals surface area contributed by atoms with Crippen molar-refractivity contribution < 1.29 is 19.1 Å². The van der Waals surface area contributed by atoms with Gasteiger partial charge in [-0.15, -0.1) is 0 Å². The van der Waals surface area contributed by atoms with Crippen molar-refractivity contribution in [3.05, 3.63) is 107 Å². The van der Waals surface area contributed by atoms with Crippen LogP contribution in [0.2, 0.25) is 0 Å².